The van der Waals surface area contributed by atoms with Gasteiger partial charge in [0.2, 0.25) is 5.91 Å². The number of benzene rings is 1. The minimum atomic E-state index is -0.0761. The van der Waals surface area contributed by atoms with Gasteiger partial charge in [-0.3, -0.25) is 4.79 Å². The molecule has 1 N–H and O–H groups in total. The fraction of sp³-hybridized carbons (Fsp3) is 0.333. The maximum absolute atomic E-state index is 12.3. The number of aromatic nitrogens is 1. The number of carbonyl (C=O) groups is 1. The van der Waals surface area contributed by atoms with Crippen LogP contribution in [0.15, 0.2) is 42.6 Å². The third kappa shape index (κ3) is 4.17. The number of carbonyl (C=O) groups excluding carboxylic acids is 1. The Morgan fingerprint density at radius 1 is 1.29 bits per heavy atom. The summed E-state index contributed by atoms with van der Waals surface area (Å²) in [5.41, 5.74) is 1.99. The Morgan fingerprint density at radius 2 is 2.08 bits per heavy atom. The molecule has 0 atom stereocenters. The van der Waals surface area contributed by atoms with E-state index in [1.54, 1.807) is 23.2 Å². The van der Waals surface area contributed by atoms with E-state index in [2.05, 4.69) is 21.3 Å². The van der Waals surface area contributed by atoms with Gasteiger partial charge in [0, 0.05) is 37.7 Å². The second-order valence-electron chi connectivity index (χ2n) is 5.98. The van der Waals surface area contributed by atoms with Gasteiger partial charge in [-0.05, 0) is 43.2 Å². The average molecular weight is 345 g/mol. The molecular formula is C18H21ClN4O. The van der Waals surface area contributed by atoms with Crippen molar-refractivity contribution in [3.8, 4) is 0 Å². The fourth-order valence-corrected chi connectivity index (χ4v) is 2.96. The molecule has 0 spiro atoms. The van der Waals surface area contributed by atoms with Crippen molar-refractivity contribution in [3.05, 3.63) is 47.6 Å². The number of hydrogen-bond donors (Lipinski definition) is 1. The lowest BCUT2D eigenvalue weighted by molar-refractivity contribution is -0.114. The number of pyridine rings is 1. The van der Waals surface area contributed by atoms with Gasteiger partial charge in [-0.15, -0.1) is 0 Å². The highest BCUT2D eigenvalue weighted by molar-refractivity contribution is 6.30. The first kappa shape index (κ1) is 16.6. The highest BCUT2D eigenvalue weighted by atomic mass is 35.5. The van der Waals surface area contributed by atoms with Crippen LogP contribution < -0.4 is 15.1 Å². The van der Waals surface area contributed by atoms with Crippen LogP contribution in [0.2, 0.25) is 5.02 Å². The van der Waals surface area contributed by atoms with Crippen LogP contribution in [-0.2, 0) is 4.79 Å². The van der Waals surface area contributed by atoms with Crippen LogP contribution in [0.1, 0.15) is 12.8 Å². The lowest BCUT2D eigenvalue weighted by Gasteiger charge is -2.20. The molecular weight excluding hydrogens is 324 g/mol. The maximum atomic E-state index is 12.3. The number of hydrogen-bond acceptors (Lipinski definition) is 4. The van der Waals surface area contributed by atoms with Gasteiger partial charge in [0.05, 0.1) is 11.6 Å². The van der Waals surface area contributed by atoms with E-state index < -0.39 is 0 Å². The van der Waals surface area contributed by atoms with Crippen LogP contribution in [0, 0.1) is 0 Å². The topological polar surface area (TPSA) is 48.5 Å². The molecule has 1 amide bonds. The van der Waals surface area contributed by atoms with E-state index in [1.807, 2.05) is 25.2 Å². The maximum Gasteiger partial charge on any atom is 0.243 e. The molecule has 1 aliphatic heterocycles. The number of anilines is 3. The number of nitrogens with zero attached hydrogens (tertiary/aromatic N) is 3. The quantitative estimate of drug-likeness (QED) is 0.903. The second kappa shape index (κ2) is 7.53. The van der Waals surface area contributed by atoms with Crippen LogP contribution in [0.25, 0.3) is 0 Å². The predicted octanol–water partition coefficient (Wildman–Crippen LogP) is 3.41. The third-order valence-electron chi connectivity index (χ3n) is 4.08. The van der Waals surface area contributed by atoms with Crippen LogP contribution in [-0.4, -0.2) is 37.6 Å². The van der Waals surface area contributed by atoms with Gasteiger partial charge >= 0.3 is 0 Å². The molecule has 1 fully saturated rings. The molecule has 126 valence electrons. The molecule has 6 heteroatoms. The summed E-state index contributed by atoms with van der Waals surface area (Å²) in [7, 11) is 1.83. The lowest BCUT2D eigenvalue weighted by atomic mass is 10.2. The highest BCUT2D eigenvalue weighted by Gasteiger charge is 2.13. The van der Waals surface area contributed by atoms with Crippen molar-refractivity contribution in [2.24, 2.45) is 0 Å². The molecule has 1 aromatic carbocycles. The second-order valence-corrected chi connectivity index (χ2v) is 6.42. The first-order chi connectivity index (χ1) is 11.6. The van der Waals surface area contributed by atoms with Crippen molar-refractivity contribution in [1.29, 1.82) is 0 Å². The third-order valence-corrected chi connectivity index (χ3v) is 4.31. The van der Waals surface area contributed by atoms with E-state index in [1.165, 1.54) is 12.8 Å². The number of nitrogens with one attached hydrogen (secondary N) is 1. The molecule has 0 saturated carbocycles. The number of halogens is 1. The van der Waals surface area contributed by atoms with Gasteiger partial charge in [0.1, 0.15) is 5.82 Å². The van der Waals surface area contributed by atoms with Gasteiger partial charge in [0.15, 0.2) is 0 Å². The SMILES string of the molecule is CN(CC(=O)Nc1cccc(N2CCCC2)c1)c1ccc(Cl)cn1. The molecule has 0 aliphatic carbocycles. The highest BCUT2D eigenvalue weighted by Crippen LogP contribution is 2.23. The lowest BCUT2D eigenvalue weighted by Crippen LogP contribution is -2.30. The molecule has 3 rings (SSSR count). The van der Waals surface area contributed by atoms with Crippen LogP contribution in [0.3, 0.4) is 0 Å². The molecule has 0 unspecified atom stereocenters. The van der Waals surface area contributed by atoms with Crippen LogP contribution in [0.4, 0.5) is 17.2 Å². The Kier molecular flexibility index (Phi) is 5.20. The fourth-order valence-electron chi connectivity index (χ4n) is 2.85. The van der Waals surface area contributed by atoms with Crippen molar-refractivity contribution < 1.29 is 4.79 Å². The summed E-state index contributed by atoms with van der Waals surface area (Å²) in [4.78, 5) is 20.6. The monoisotopic (exact) mass is 344 g/mol. The summed E-state index contributed by atoms with van der Waals surface area (Å²) in [5.74, 6) is 0.633. The molecule has 1 saturated heterocycles. The Morgan fingerprint density at radius 3 is 2.79 bits per heavy atom. The predicted molar refractivity (Wildman–Crippen MR) is 99.0 cm³/mol. The molecule has 1 aromatic heterocycles. The van der Waals surface area contributed by atoms with Crippen LogP contribution >= 0.6 is 11.6 Å². The Hall–Kier alpha value is -2.27. The minimum absolute atomic E-state index is 0.0761. The molecule has 2 aromatic rings. The van der Waals surface area contributed by atoms with E-state index in [0.29, 0.717) is 10.8 Å². The van der Waals surface area contributed by atoms with Crippen molar-refractivity contribution in [2.45, 2.75) is 12.8 Å². The number of amides is 1. The largest absolute Gasteiger partial charge is 0.371 e. The molecule has 1 aliphatic rings. The normalized spacial score (nSPS) is 13.8. The average Bonchev–Trinajstić information content (AvgIpc) is 3.10. The summed E-state index contributed by atoms with van der Waals surface area (Å²) in [6.07, 6.45) is 4.04. The van der Waals surface area contributed by atoms with Crippen molar-refractivity contribution >= 4 is 34.7 Å². The summed E-state index contributed by atoms with van der Waals surface area (Å²) >= 11 is 5.83. The molecule has 24 heavy (non-hydrogen) atoms. The number of likely N-dealkylation sites (N-methyl/N-ethyl adjacent to an activating group) is 1. The van der Waals surface area contributed by atoms with Crippen LogP contribution in [0.5, 0.6) is 0 Å². The van der Waals surface area contributed by atoms with Gasteiger partial charge in [-0.25, -0.2) is 4.98 Å². The zero-order valence-corrected chi connectivity index (χ0v) is 14.5. The summed E-state index contributed by atoms with van der Waals surface area (Å²) in [6.45, 7) is 2.40. The molecule has 0 bridgehead atoms. The Labute approximate surface area is 147 Å². The van der Waals surface area contributed by atoms with Gasteiger partial charge in [0.25, 0.3) is 0 Å². The van der Waals surface area contributed by atoms with Gasteiger partial charge < -0.3 is 15.1 Å². The van der Waals surface area contributed by atoms with E-state index in [9.17, 15) is 4.79 Å². The van der Waals surface area contributed by atoms with E-state index in [0.717, 1.165) is 24.5 Å². The van der Waals surface area contributed by atoms with Crippen molar-refractivity contribution in [2.75, 3.05) is 41.8 Å². The summed E-state index contributed by atoms with van der Waals surface area (Å²) in [5, 5.41) is 3.54. The molecule has 5 nitrogen and oxygen atoms in total. The zero-order valence-electron chi connectivity index (χ0n) is 13.7. The molecule has 2 heterocycles. The van der Waals surface area contributed by atoms with Gasteiger partial charge in [-0.1, -0.05) is 17.7 Å². The van der Waals surface area contributed by atoms with E-state index in [-0.39, 0.29) is 12.5 Å². The Balaban J connectivity index is 1.60. The Bertz CT molecular complexity index is 698. The van der Waals surface area contributed by atoms with E-state index in [4.69, 9.17) is 11.6 Å². The standard InChI is InChI=1S/C18H21ClN4O/c1-22(17-8-7-14(19)12-20-17)13-18(24)21-15-5-4-6-16(11-15)23-9-2-3-10-23/h4-8,11-12H,2-3,9-10,13H2,1H3,(H,21,24). The smallest absolute Gasteiger partial charge is 0.243 e. The van der Waals surface area contributed by atoms with E-state index >= 15 is 0 Å². The first-order valence-corrected chi connectivity index (χ1v) is 8.47. The van der Waals surface area contributed by atoms with Crippen molar-refractivity contribution in [3.63, 3.8) is 0 Å². The van der Waals surface area contributed by atoms with Gasteiger partial charge in [-0.2, -0.15) is 0 Å². The minimum Gasteiger partial charge on any atom is -0.371 e. The summed E-state index contributed by atoms with van der Waals surface area (Å²) in [6, 6.07) is 11.6. The van der Waals surface area contributed by atoms with Crippen molar-refractivity contribution in [1.82, 2.24) is 4.98 Å². The first-order valence-electron chi connectivity index (χ1n) is 8.09. The molecule has 0 radical (unpaired) electrons. The zero-order chi connectivity index (χ0) is 16.9. The number of rotatable bonds is 5. The summed E-state index contributed by atoms with van der Waals surface area (Å²) < 4.78 is 0.